The van der Waals surface area contributed by atoms with Crippen LogP contribution in [-0.2, 0) is 18.2 Å². The number of benzene rings is 1. The third-order valence-electron chi connectivity index (χ3n) is 4.56. The van der Waals surface area contributed by atoms with Crippen molar-refractivity contribution in [1.82, 2.24) is 4.57 Å². The van der Waals surface area contributed by atoms with Gasteiger partial charge in [-0.3, -0.25) is 4.79 Å². The summed E-state index contributed by atoms with van der Waals surface area (Å²) in [6, 6.07) is 7.77. The number of aromatic nitrogens is 1. The highest BCUT2D eigenvalue weighted by Crippen LogP contribution is 2.34. The van der Waals surface area contributed by atoms with E-state index in [1.165, 1.54) is 12.8 Å². The second-order valence-corrected chi connectivity index (χ2v) is 8.29. The number of hydrogen-bond donors (Lipinski definition) is 1. The van der Waals surface area contributed by atoms with Crippen molar-refractivity contribution in [3.8, 4) is 11.1 Å². The highest BCUT2D eigenvalue weighted by molar-refractivity contribution is 7.90. The van der Waals surface area contributed by atoms with E-state index in [0.29, 0.717) is 5.69 Å². The molecule has 0 radical (unpaired) electrons. The molecule has 1 aromatic heterocycles. The van der Waals surface area contributed by atoms with Gasteiger partial charge in [0.1, 0.15) is 11.9 Å². The number of aryl methyl sites for hydroxylation is 1. The normalized spacial score (nSPS) is 15.1. The molecule has 0 bridgehead atoms. The number of nitrogens with one attached hydrogen (secondary N) is 1. The Balaban J connectivity index is 2.09. The van der Waals surface area contributed by atoms with Gasteiger partial charge in [0.2, 0.25) is 0 Å². The molecule has 1 aromatic carbocycles. The maximum Gasteiger partial charge on any atom is 0.273 e. The Morgan fingerprint density at radius 2 is 2.04 bits per heavy atom. The summed E-state index contributed by atoms with van der Waals surface area (Å²) in [6.07, 6.45) is 6.09. The standard InChI is InChI=1S/C19H25N3O2S/c1-21(2)18-9-14(12-22(3)19(18)23)16-10-15(25(4)24)7-8-17(16)20-11-13-5-6-13/h7-10,12-13,20H,5-6,11H2,1-4H3. The number of anilines is 2. The van der Waals surface area contributed by atoms with Crippen LogP contribution in [0.1, 0.15) is 12.8 Å². The van der Waals surface area contributed by atoms with E-state index in [1.54, 1.807) is 17.9 Å². The van der Waals surface area contributed by atoms with Crippen molar-refractivity contribution in [2.45, 2.75) is 17.7 Å². The summed E-state index contributed by atoms with van der Waals surface area (Å²) in [4.78, 5) is 14.9. The molecule has 1 heterocycles. The molecule has 1 atom stereocenters. The molecule has 2 aromatic rings. The zero-order chi connectivity index (χ0) is 18.1. The van der Waals surface area contributed by atoms with Crippen LogP contribution in [0.3, 0.4) is 0 Å². The van der Waals surface area contributed by atoms with Gasteiger partial charge in [-0.1, -0.05) is 0 Å². The topological polar surface area (TPSA) is 60.3 Å². The molecule has 0 spiro atoms. The molecule has 6 heteroatoms. The van der Waals surface area contributed by atoms with Crippen LogP contribution in [0.15, 0.2) is 40.2 Å². The first-order valence-electron chi connectivity index (χ1n) is 8.46. The Morgan fingerprint density at radius 3 is 2.64 bits per heavy atom. The van der Waals surface area contributed by atoms with Crippen LogP contribution in [0.2, 0.25) is 0 Å². The van der Waals surface area contributed by atoms with Gasteiger partial charge < -0.3 is 19.3 Å². The van der Waals surface area contributed by atoms with Crippen molar-refractivity contribution in [1.29, 1.82) is 0 Å². The largest absolute Gasteiger partial charge is 0.612 e. The minimum atomic E-state index is -1.05. The van der Waals surface area contributed by atoms with Gasteiger partial charge in [-0.05, 0) is 48.1 Å². The van der Waals surface area contributed by atoms with Crippen LogP contribution in [0.4, 0.5) is 11.4 Å². The van der Waals surface area contributed by atoms with Crippen molar-refractivity contribution in [2.75, 3.05) is 37.1 Å². The fraction of sp³-hybridized carbons (Fsp3) is 0.421. The van der Waals surface area contributed by atoms with E-state index in [1.807, 2.05) is 49.5 Å². The average Bonchev–Trinajstić information content (AvgIpc) is 3.39. The quantitative estimate of drug-likeness (QED) is 0.806. The summed E-state index contributed by atoms with van der Waals surface area (Å²) < 4.78 is 13.5. The second-order valence-electron chi connectivity index (χ2n) is 6.91. The Labute approximate surface area is 151 Å². The third kappa shape index (κ3) is 4.02. The van der Waals surface area contributed by atoms with E-state index in [0.717, 1.165) is 34.2 Å². The Kier molecular flexibility index (Phi) is 5.11. The summed E-state index contributed by atoms with van der Waals surface area (Å²) in [6.45, 7) is 0.952. The fourth-order valence-electron chi connectivity index (χ4n) is 2.83. The minimum absolute atomic E-state index is 0.0311. The molecule has 5 nitrogen and oxygen atoms in total. The molecule has 0 saturated heterocycles. The smallest absolute Gasteiger partial charge is 0.273 e. The summed E-state index contributed by atoms with van der Waals surface area (Å²) in [5.41, 5.74) is 3.54. The summed E-state index contributed by atoms with van der Waals surface area (Å²) in [5.74, 6) is 0.755. The minimum Gasteiger partial charge on any atom is -0.612 e. The van der Waals surface area contributed by atoms with Gasteiger partial charge in [0.25, 0.3) is 5.56 Å². The summed E-state index contributed by atoms with van der Waals surface area (Å²) >= 11 is -1.05. The lowest BCUT2D eigenvalue weighted by atomic mass is 10.0. The first-order valence-corrected chi connectivity index (χ1v) is 10.0. The first kappa shape index (κ1) is 17.9. The fourth-order valence-corrected chi connectivity index (χ4v) is 3.38. The van der Waals surface area contributed by atoms with Gasteiger partial charge >= 0.3 is 0 Å². The Bertz CT molecular complexity index is 826. The zero-order valence-electron chi connectivity index (χ0n) is 15.2. The molecular weight excluding hydrogens is 334 g/mol. The molecule has 0 aliphatic heterocycles. The van der Waals surface area contributed by atoms with E-state index < -0.39 is 11.2 Å². The zero-order valence-corrected chi connectivity index (χ0v) is 16.0. The van der Waals surface area contributed by atoms with Gasteiger partial charge in [-0.15, -0.1) is 0 Å². The molecule has 1 fully saturated rings. The molecule has 1 aliphatic carbocycles. The Morgan fingerprint density at radius 1 is 1.32 bits per heavy atom. The number of pyridine rings is 1. The molecule has 1 N–H and O–H groups in total. The molecule has 134 valence electrons. The van der Waals surface area contributed by atoms with Crippen LogP contribution < -0.4 is 15.8 Å². The van der Waals surface area contributed by atoms with Crippen LogP contribution in [-0.4, -0.2) is 36.0 Å². The van der Waals surface area contributed by atoms with Crippen molar-refractivity contribution in [3.63, 3.8) is 0 Å². The molecule has 3 rings (SSSR count). The van der Waals surface area contributed by atoms with Crippen LogP contribution in [0.25, 0.3) is 11.1 Å². The molecule has 0 amide bonds. The van der Waals surface area contributed by atoms with Crippen LogP contribution in [0.5, 0.6) is 0 Å². The SMILES string of the molecule is CN(C)c1cc(-c2cc([S+](C)[O-])ccc2NCC2CC2)cn(C)c1=O. The van der Waals surface area contributed by atoms with Crippen molar-refractivity contribution in [2.24, 2.45) is 13.0 Å². The highest BCUT2D eigenvalue weighted by atomic mass is 32.2. The van der Waals surface area contributed by atoms with Gasteiger partial charge in [0, 0.05) is 56.8 Å². The third-order valence-corrected chi connectivity index (χ3v) is 5.48. The highest BCUT2D eigenvalue weighted by Gasteiger charge is 2.22. The lowest BCUT2D eigenvalue weighted by molar-refractivity contribution is 0.601. The predicted molar refractivity (Wildman–Crippen MR) is 105 cm³/mol. The van der Waals surface area contributed by atoms with Crippen LogP contribution >= 0.6 is 0 Å². The van der Waals surface area contributed by atoms with E-state index in [-0.39, 0.29) is 5.56 Å². The second kappa shape index (κ2) is 7.14. The van der Waals surface area contributed by atoms with E-state index >= 15 is 0 Å². The molecule has 25 heavy (non-hydrogen) atoms. The van der Waals surface area contributed by atoms with Gasteiger partial charge in [-0.2, -0.15) is 0 Å². The molecule has 1 saturated carbocycles. The molecule has 1 aliphatic rings. The number of nitrogens with zero attached hydrogens (tertiary/aromatic N) is 2. The maximum atomic E-state index is 12.3. The van der Waals surface area contributed by atoms with E-state index in [9.17, 15) is 9.35 Å². The van der Waals surface area contributed by atoms with Crippen molar-refractivity contribution < 1.29 is 4.55 Å². The van der Waals surface area contributed by atoms with Crippen molar-refractivity contribution >= 4 is 22.6 Å². The number of rotatable bonds is 6. The summed E-state index contributed by atoms with van der Waals surface area (Å²) in [5, 5.41) is 3.52. The monoisotopic (exact) mass is 359 g/mol. The molecular formula is C19H25N3O2S. The average molecular weight is 359 g/mol. The Hall–Kier alpha value is -1.92. The number of hydrogen-bond acceptors (Lipinski definition) is 4. The van der Waals surface area contributed by atoms with Crippen molar-refractivity contribution in [3.05, 3.63) is 40.8 Å². The lowest BCUT2D eigenvalue weighted by Crippen LogP contribution is -2.25. The molecule has 1 unspecified atom stereocenters. The van der Waals surface area contributed by atoms with E-state index in [4.69, 9.17) is 0 Å². The van der Waals surface area contributed by atoms with Crippen LogP contribution in [0, 0.1) is 5.92 Å². The van der Waals surface area contributed by atoms with Gasteiger partial charge in [-0.25, -0.2) is 0 Å². The first-order chi connectivity index (χ1) is 11.9. The summed E-state index contributed by atoms with van der Waals surface area (Å²) in [7, 11) is 5.49. The van der Waals surface area contributed by atoms with E-state index in [2.05, 4.69) is 5.32 Å². The van der Waals surface area contributed by atoms with Gasteiger partial charge in [0.15, 0.2) is 4.90 Å². The predicted octanol–water partition coefficient (Wildman–Crippen LogP) is 2.68. The lowest BCUT2D eigenvalue weighted by Gasteiger charge is -2.18. The maximum absolute atomic E-state index is 12.3. The van der Waals surface area contributed by atoms with Gasteiger partial charge in [0.05, 0.1) is 0 Å².